The van der Waals surface area contributed by atoms with Crippen molar-refractivity contribution in [1.82, 2.24) is 0 Å². The van der Waals surface area contributed by atoms with Gasteiger partial charge in [-0.3, -0.25) is 0 Å². The van der Waals surface area contributed by atoms with Crippen LogP contribution in [0, 0.1) is 0 Å². The summed E-state index contributed by atoms with van der Waals surface area (Å²) in [4.78, 5) is 8.88. The molecule has 0 aliphatic heterocycles. The van der Waals surface area contributed by atoms with E-state index < -0.39 is 0 Å². The van der Waals surface area contributed by atoms with E-state index in [4.69, 9.17) is 4.79 Å². The van der Waals surface area contributed by atoms with Crippen molar-refractivity contribution < 1.29 is 25.9 Å². The fourth-order valence-electron chi connectivity index (χ4n) is 0. The first-order valence-corrected chi connectivity index (χ1v) is 0.808. The molecule has 0 N–H and O–H groups in total. The summed E-state index contributed by atoms with van der Waals surface area (Å²) in [6.45, 7) is 2.93. The van der Waals surface area contributed by atoms with Gasteiger partial charge in [-0.05, 0) is 12.3 Å². The third-order valence-electron chi connectivity index (χ3n) is 0.0722. The molecule has 2 heteroatoms. The van der Waals surface area contributed by atoms with Crippen molar-refractivity contribution >= 4 is 5.94 Å². The Morgan fingerprint density at radius 2 is 1.80 bits per heavy atom. The molecule has 0 amide bonds. The SMILES string of the molecule is C=C=C=O.[Pt]. The quantitative estimate of drug-likeness (QED) is 0.441. The van der Waals surface area contributed by atoms with E-state index in [9.17, 15) is 0 Å². The molecule has 0 bridgehead atoms. The Kier molecular flexibility index (Phi) is 16.1. The topological polar surface area (TPSA) is 17.1 Å². The zero-order chi connectivity index (χ0) is 3.41. The minimum atomic E-state index is 0. The first-order chi connectivity index (χ1) is 1.91. The molecular weight excluding hydrogens is 247 g/mol. The minimum Gasteiger partial charge on any atom is -0.224 e. The van der Waals surface area contributed by atoms with Crippen LogP contribution in [0.1, 0.15) is 0 Å². The Morgan fingerprint density at radius 1 is 1.60 bits per heavy atom. The van der Waals surface area contributed by atoms with Crippen LogP contribution in [0.2, 0.25) is 0 Å². The van der Waals surface area contributed by atoms with Gasteiger partial charge in [-0.1, -0.05) is 0 Å². The normalized spacial score (nSPS) is 2.40. The summed E-state index contributed by atoms with van der Waals surface area (Å²) in [5.74, 6) is 1.32. The van der Waals surface area contributed by atoms with E-state index in [0.29, 0.717) is 0 Å². The fraction of sp³-hybridized carbons (Fsp3) is 0. The van der Waals surface area contributed by atoms with Crippen LogP contribution < -0.4 is 0 Å². The summed E-state index contributed by atoms with van der Waals surface area (Å²) in [7, 11) is 0. The van der Waals surface area contributed by atoms with E-state index in [1.807, 2.05) is 5.73 Å². The number of hydrogen-bond donors (Lipinski definition) is 0. The Labute approximate surface area is 44.6 Å². The molecule has 0 aromatic heterocycles. The Morgan fingerprint density at radius 3 is 1.80 bits per heavy atom. The molecule has 0 saturated heterocycles. The first-order valence-electron chi connectivity index (χ1n) is 0.808. The second-order valence-electron chi connectivity index (χ2n) is 0.279. The van der Waals surface area contributed by atoms with Gasteiger partial charge in [0, 0.05) is 21.1 Å². The van der Waals surface area contributed by atoms with Crippen molar-refractivity contribution in [3.8, 4) is 0 Å². The van der Waals surface area contributed by atoms with E-state index in [1.54, 1.807) is 0 Å². The van der Waals surface area contributed by atoms with E-state index >= 15 is 0 Å². The molecule has 0 aromatic rings. The Bertz CT molecular complexity index is 57.0. The molecule has 0 spiro atoms. The molecule has 30 valence electrons. The van der Waals surface area contributed by atoms with Gasteiger partial charge in [0.2, 0.25) is 0 Å². The molecule has 5 heavy (non-hydrogen) atoms. The van der Waals surface area contributed by atoms with Gasteiger partial charge in [0.15, 0.2) is 5.94 Å². The summed E-state index contributed by atoms with van der Waals surface area (Å²) in [6, 6.07) is 0. The van der Waals surface area contributed by atoms with E-state index in [1.165, 1.54) is 5.94 Å². The van der Waals surface area contributed by atoms with Gasteiger partial charge >= 0.3 is 0 Å². The molecule has 0 fully saturated rings. The molecule has 0 atom stereocenters. The van der Waals surface area contributed by atoms with Crippen LogP contribution in [0.15, 0.2) is 12.3 Å². The van der Waals surface area contributed by atoms with Gasteiger partial charge in [0.1, 0.15) is 0 Å². The maximum absolute atomic E-state index is 8.88. The first kappa shape index (κ1) is 8.87. The van der Waals surface area contributed by atoms with Gasteiger partial charge in [-0.15, -0.1) is 0 Å². The van der Waals surface area contributed by atoms with Crippen LogP contribution in [-0.4, -0.2) is 5.94 Å². The summed E-state index contributed by atoms with van der Waals surface area (Å²) in [5, 5.41) is 0. The second kappa shape index (κ2) is 9.07. The third kappa shape index (κ3) is 17.1. The molecule has 0 saturated carbocycles. The largest absolute Gasteiger partial charge is 0.224 e. The van der Waals surface area contributed by atoms with Crippen LogP contribution in [0.25, 0.3) is 0 Å². The summed E-state index contributed by atoms with van der Waals surface area (Å²) >= 11 is 0. The molecule has 1 nitrogen and oxygen atoms in total. The predicted molar refractivity (Wildman–Crippen MR) is 14.8 cm³/mol. The zero-order valence-corrected chi connectivity index (χ0v) is 4.70. The maximum atomic E-state index is 8.88. The molecule has 0 aromatic carbocycles. The molecule has 0 aliphatic rings. The zero-order valence-electron chi connectivity index (χ0n) is 2.43. The summed E-state index contributed by atoms with van der Waals surface area (Å²) < 4.78 is 0. The van der Waals surface area contributed by atoms with Gasteiger partial charge in [-0.2, -0.15) is 0 Å². The molecule has 0 rings (SSSR count). The van der Waals surface area contributed by atoms with E-state index in [-0.39, 0.29) is 21.1 Å². The summed E-state index contributed by atoms with van der Waals surface area (Å²) in [6.07, 6.45) is 0. The van der Waals surface area contributed by atoms with Crippen LogP contribution in [0.4, 0.5) is 0 Å². The molecule has 0 heterocycles. The summed E-state index contributed by atoms with van der Waals surface area (Å²) in [5.41, 5.74) is 1.88. The van der Waals surface area contributed by atoms with E-state index in [0.717, 1.165) is 0 Å². The average molecular weight is 249 g/mol. The van der Waals surface area contributed by atoms with Gasteiger partial charge in [0.25, 0.3) is 0 Å². The smallest absolute Gasteiger partial charge is 0.176 e. The maximum Gasteiger partial charge on any atom is 0.176 e. The van der Waals surface area contributed by atoms with Gasteiger partial charge in [0.05, 0.1) is 0 Å². The van der Waals surface area contributed by atoms with Crippen molar-refractivity contribution in [3.05, 3.63) is 12.3 Å². The van der Waals surface area contributed by atoms with Crippen molar-refractivity contribution in [2.75, 3.05) is 0 Å². The second-order valence-corrected chi connectivity index (χ2v) is 0.279. The van der Waals surface area contributed by atoms with Gasteiger partial charge in [-0.25, -0.2) is 4.79 Å². The molecule has 0 unspecified atom stereocenters. The van der Waals surface area contributed by atoms with E-state index in [2.05, 4.69) is 6.58 Å². The Hall–Kier alpha value is -0.0817. The van der Waals surface area contributed by atoms with Crippen molar-refractivity contribution in [2.24, 2.45) is 0 Å². The van der Waals surface area contributed by atoms with Gasteiger partial charge < -0.3 is 0 Å². The third-order valence-corrected chi connectivity index (χ3v) is 0.0722. The number of carbonyl (C=O) groups excluding carboxylic acids is 1. The molecule has 0 aliphatic carbocycles. The van der Waals surface area contributed by atoms with Crippen LogP contribution in [-0.2, 0) is 25.9 Å². The van der Waals surface area contributed by atoms with Crippen LogP contribution >= 0.6 is 0 Å². The van der Waals surface area contributed by atoms with Crippen LogP contribution in [0.5, 0.6) is 0 Å². The number of hydrogen-bond acceptors (Lipinski definition) is 1. The number of rotatable bonds is 0. The molecular formula is C3H2OPt. The molecule has 0 radical (unpaired) electrons. The predicted octanol–water partition coefficient (Wildman–Crippen LogP) is 0.157. The average Bonchev–Trinajstić information content (AvgIpc) is 1.37. The minimum absolute atomic E-state index is 0. The van der Waals surface area contributed by atoms with Crippen molar-refractivity contribution in [2.45, 2.75) is 0 Å². The van der Waals surface area contributed by atoms with Crippen LogP contribution in [0.3, 0.4) is 0 Å². The van der Waals surface area contributed by atoms with Crippen molar-refractivity contribution in [3.63, 3.8) is 0 Å². The monoisotopic (exact) mass is 249 g/mol. The standard InChI is InChI=1S/C3H2O.Pt/c1-2-3-4;/h1H2;. The fourth-order valence-corrected chi connectivity index (χ4v) is 0. The Balaban J connectivity index is 0. The van der Waals surface area contributed by atoms with Crippen molar-refractivity contribution in [1.29, 1.82) is 0 Å².